The zero-order chi connectivity index (χ0) is 8.97. The van der Waals surface area contributed by atoms with Gasteiger partial charge in [-0.25, -0.2) is 0 Å². The van der Waals surface area contributed by atoms with E-state index in [9.17, 15) is 9.90 Å². The van der Waals surface area contributed by atoms with E-state index >= 15 is 0 Å². The van der Waals surface area contributed by atoms with Gasteiger partial charge < -0.3 is 9.84 Å². The minimum Gasteiger partial charge on any atom is -0.504 e. The molecule has 1 aromatic carbocycles. The molecule has 3 nitrogen and oxygen atoms in total. The Kier molecular flexibility index (Phi) is 2.69. The molecular formula is C9H9O3. The second-order valence-electron chi connectivity index (χ2n) is 2.33. The summed E-state index contributed by atoms with van der Waals surface area (Å²) < 4.78 is 4.83. The maximum Gasteiger partial charge on any atom is 0.203 e. The molecule has 1 rings (SSSR count). The first-order valence-electron chi connectivity index (χ1n) is 3.49. The van der Waals surface area contributed by atoms with Gasteiger partial charge in [-0.1, -0.05) is 6.07 Å². The minimum atomic E-state index is 0.0465. The van der Waals surface area contributed by atoms with Crippen molar-refractivity contribution in [1.29, 1.82) is 0 Å². The van der Waals surface area contributed by atoms with Crippen molar-refractivity contribution in [3.63, 3.8) is 0 Å². The number of aromatic hydroxyl groups is 1. The van der Waals surface area contributed by atoms with Gasteiger partial charge in [0, 0.05) is 6.42 Å². The van der Waals surface area contributed by atoms with Gasteiger partial charge in [-0.2, -0.15) is 0 Å². The summed E-state index contributed by atoms with van der Waals surface area (Å²) in [4.78, 5) is 10.0. The van der Waals surface area contributed by atoms with Crippen molar-refractivity contribution in [1.82, 2.24) is 0 Å². The Labute approximate surface area is 70.6 Å². The molecule has 0 saturated carbocycles. The van der Waals surface area contributed by atoms with E-state index in [1.165, 1.54) is 13.2 Å². The number of rotatable bonds is 3. The van der Waals surface area contributed by atoms with Crippen LogP contribution in [0.3, 0.4) is 0 Å². The second kappa shape index (κ2) is 3.76. The average Bonchev–Trinajstić information content (AvgIpc) is 2.05. The molecule has 3 heteroatoms. The van der Waals surface area contributed by atoms with Crippen molar-refractivity contribution in [2.45, 2.75) is 6.42 Å². The first kappa shape index (κ1) is 8.59. The van der Waals surface area contributed by atoms with Crippen LogP contribution in [0.15, 0.2) is 18.2 Å². The van der Waals surface area contributed by atoms with Crippen LogP contribution in [0.1, 0.15) is 5.56 Å². The molecule has 0 heterocycles. The third-order valence-corrected chi connectivity index (χ3v) is 1.52. The van der Waals surface area contributed by atoms with Crippen LogP contribution < -0.4 is 4.74 Å². The van der Waals surface area contributed by atoms with E-state index in [2.05, 4.69) is 0 Å². The molecule has 0 aliphatic rings. The molecule has 0 amide bonds. The molecule has 1 radical (unpaired) electrons. The molecule has 0 aliphatic carbocycles. The Hall–Kier alpha value is -1.51. The highest BCUT2D eigenvalue weighted by atomic mass is 16.5. The summed E-state index contributed by atoms with van der Waals surface area (Å²) in [6.45, 7) is 0. The predicted molar refractivity (Wildman–Crippen MR) is 44.1 cm³/mol. The first-order valence-corrected chi connectivity index (χ1v) is 3.49. The summed E-state index contributed by atoms with van der Waals surface area (Å²) >= 11 is 0. The monoisotopic (exact) mass is 165 g/mol. The van der Waals surface area contributed by atoms with Crippen LogP contribution in [0.25, 0.3) is 0 Å². The fourth-order valence-electron chi connectivity index (χ4n) is 0.929. The summed E-state index contributed by atoms with van der Waals surface area (Å²) in [5.74, 6) is 0.454. The lowest BCUT2D eigenvalue weighted by Crippen LogP contribution is -1.88. The number of benzene rings is 1. The van der Waals surface area contributed by atoms with Crippen molar-refractivity contribution < 1.29 is 14.6 Å². The zero-order valence-electron chi connectivity index (χ0n) is 6.70. The summed E-state index contributed by atoms with van der Waals surface area (Å²) in [6.07, 6.45) is 1.94. The third kappa shape index (κ3) is 1.75. The lowest BCUT2D eigenvalue weighted by Gasteiger charge is -2.03. The van der Waals surface area contributed by atoms with Crippen LogP contribution in [0.5, 0.6) is 11.5 Å². The number of hydrogen-bond acceptors (Lipinski definition) is 3. The highest BCUT2D eigenvalue weighted by molar-refractivity contribution is 5.57. The van der Waals surface area contributed by atoms with Crippen molar-refractivity contribution in [3.8, 4) is 11.5 Å². The summed E-state index contributed by atoms with van der Waals surface area (Å²) in [7, 11) is 1.47. The van der Waals surface area contributed by atoms with Crippen LogP contribution in [0, 0.1) is 0 Å². The lowest BCUT2D eigenvalue weighted by molar-refractivity contribution is 0.373. The molecule has 63 valence electrons. The van der Waals surface area contributed by atoms with E-state index in [1.54, 1.807) is 18.4 Å². The number of phenols is 1. The number of ether oxygens (including phenoxy) is 1. The fourth-order valence-corrected chi connectivity index (χ4v) is 0.929. The van der Waals surface area contributed by atoms with Gasteiger partial charge in [-0.15, -0.1) is 0 Å². The molecule has 0 aliphatic heterocycles. The average molecular weight is 165 g/mol. The van der Waals surface area contributed by atoms with Crippen LogP contribution in [0.2, 0.25) is 0 Å². The largest absolute Gasteiger partial charge is 0.504 e. The number of phenolic OH excluding ortho intramolecular Hbond substituents is 1. The highest BCUT2D eigenvalue weighted by Gasteiger charge is 2.01. The fraction of sp³-hybridized carbons (Fsp3) is 0.222. The highest BCUT2D eigenvalue weighted by Crippen LogP contribution is 2.25. The van der Waals surface area contributed by atoms with Gasteiger partial charge in [0.1, 0.15) is 0 Å². The Morgan fingerprint density at radius 2 is 2.33 bits per heavy atom. The topological polar surface area (TPSA) is 46.5 Å². The maximum atomic E-state index is 10.0. The Balaban J connectivity index is 2.93. The van der Waals surface area contributed by atoms with Gasteiger partial charge in [0.2, 0.25) is 6.29 Å². The molecule has 0 bridgehead atoms. The van der Waals surface area contributed by atoms with E-state index in [0.29, 0.717) is 5.75 Å². The molecule has 0 saturated heterocycles. The van der Waals surface area contributed by atoms with E-state index < -0.39 is 0 Å². The summed E-state index contributed by atoms with van der Waals surface area (Å²) in [5.41, 5.74) is 0.725. The van der Waals surface area contributed by atoms with Crippen LogP contribution >= 0.6 is 0 Å². The molecule has 1 aromatic rings. The molecular weight excluding hydrogens is 156 g/mol. The number of hydrogen-bond donors (Lipinski definition) is 1. The van der Waals surface area contributed by atoms with Gasteiger partial charge in [0.05, 0.1) is 7.11 Å². The van der Waals surface area contributed by atoms with Crippen LogP contribution in [0.4, 0.5) is 0 Å². The minimum absolute atomic E-state index is 0.0465. The van der Waals surface area contributed by atoms with Crippen molar-refractivity contribution in [2.24, 2.45) is 0 Å². The van der Waals surface area contributed by atoms with Crippen molar-refractivity contribution >= 4 is 6.29 Å². The van der Waals surface area contributed by atoms with Gasteiger partial charge in [0.15, 0.2) is 11.5 Å². The van der Waals surface area contributed by atoms with Gasteiger partial charge >= 0.3 is 0 Å². The SMILES string of the molecule is COc1ccc(C[C]=O)cc1O. The van der Waals surface area contributed by atoms with E-state index in [0.717, 1.165) is 5.56 Å². The normalized spacial score (nSPS) is 9.42. The van der Waals surface area contributed by atoms with Gasteiger partial charge in [-0.3, -0.25) is 4.79 Å². The second-order valence-corrected chi connectivity index (χ2v) is 2.33. The number of methoxy groups -OCH3 is 1. The Morgan fingerprint density at radius 1 is 1.58 bits per heavy atom. The predicted octanol–water partition coefficient (Wildman–Crippen LogP) is 1.05. The molecule has 1 N–H and O–H groups in total. The van der Waals surface area contributed by atoms with Gasteiger partial charge in [0.25, 0.3) is 0 Å². The first-order chi connectivity index (χ1) is 5.77. The number of carbonyl (C=O) groups excluding carboxylic acids is 1. The molecule has 0 atom stereocenters. The lowest BCUT2D eigenvalue weighted by atomic mass is 10.1. The summed E-state index contributed by atoms with van der Waals surface area (Å²) in [5, 5.41) is 9.26. The van der Waals surface area contributed by atoms with E-state index in [1.807, 2.05) is 0 Å². The summed E-state index contributed by atoms with van der Waals surface area (Å²) in [6, 6.07) is 4.81. The third-order valence-electron chi connectivity index (χ3n) is 1.52. The molecule has 0 unspecified atom stereocenters. The van der Waals surface area contributed by atoms with Crippen LogP contribution in [-0.4, -0.2) is 18.5 Å². The molecule has 0 fully saturated rings. The van der Waals surface area contributed by atoms with E-state index in [-0.39, 0.29) is 12.2 Å². The smallest absolute Gasteiger partial charge is 0.203 e. The molecule has 0 aromatic heterocycles. The Morgan fingerprint density at radius 3 is 2.83 bits per heavy atom. The van der Waals surface area contributed by atoms with Gasteiger partial charge in [-0.05, 0) is 17.7 Å². The molecule has 12 heavy (non-hydrogen) atoms. The quantitative estimate of drug-likeness (QED) is 0.728. The standard InChI is InChI=1S/C9H9O3/c1-12-9-3-2-7(4-5-10)6-8(9)11/h2-3,6,11H,4H2,1H3. The molecule has 0 spiro atoms. The van der Waals surface area contributed by atoms with Crippen LogP contribution in [-0.2, 0) is 11.2 Å². The van der Waals surface area contributed by atoms with E-state index in [4.69, 9.17) is 4.74 Å². The Bertz CT molecular complexity index is 281. The van der Waals surface area contributed by atoms with Crippen molar-refractivity contribution in [3.05, 3.63) is 23.8 Å². The zero-order valence-corrected chi connectivity index (χ0v) is 6.70. The van der Waals surface area contributed by atoms with Crippen molar-refractivity contribution in [2.75, 3.05) is 7.11 Å². The maximum absolute atomic E-state index is 10.0.